The molecule has 0 amide bonds. The van der Waals surface area contributed by atoms with E-state index in [-0.39, 0.29) is 0 Å². The first-order valence-electron chi connectivity index (χ1n) is 6.56. The summed E-state index contributed by atoms with van der Waals surface area (Å²) in [6.45, 7) is 3.47. The molecule has 0 aromatic heterocycles. The molecule has 0 saturated heterocycles. The molecule has 5 heteroatoms. The molecular weight excluding hydrogens is 248 g/mol. The second-order valence-corrected chi connectivity index (χ2v) is 4.24. The summed E-state index contributed by atoms with van der Waals surface area (Å²) < 4.78 is 26.4. The van der Waals surface area contributed by atoms with Crippen LogP contribution >= 0.6 is 0 Å². The van der Waals surface area contributed by atoms with Crippen molar-refractivity contribution in [1.82, 2.24) is 10.6 Å². The zero-order valence-corrected chi connectivity index (χ0v) is 11.5. The lowest BCUT2D eigenvalue weighted by atomic mass is 10.1. The van der Waals surface area contributed by atoms with Crippen LogP contribution in [0.4, 0.5) is 8.78 Å². The Bertz CT molecular complexity index is 419. The van der Waals surface area contributed by atoms with Gasteiger partial charge in [-0.05, 0) is 24.5 Å². The van der Waals surface area contributed by atoms with E-state index in [1.807, 2.05) is 0 Å². The number of nitrogens with one attached hydrogen (secondary N) is 2. The van der Waals surface area contributed by atoms with Crippen LogP contribution in [0.15, 0.2) is 23.2 Å². The Balaban J connectivity index is 2.38. The van der Waals surface area contributed by atoms with Crippen molar-refractivity contribution in [1.29, 1.82) is 0 Å². The van der Waals surface area contributed by atoms with Crippen molar-refractivity contribution in [2.45, 2.75) is 26.2 Å². The molecule has 19 heavy (non-hydrogen) atoms. The number of hydrogen-bond acceptors (Lipinski definition) is 1. The van der Waals surface area contributed by atoms with Crippen LogP contribution in [0.5, 0.6) is 0 Å². The smallest absolute Gasteiger partial charge is 0.190 e. The molecule has 0 spiro atoms. The third-order valence-corrected chi connectivity index (χ3v) is 2.76. The van der Waals surface area contributed by atoms with E-state index in [9.17, 15) is 8.78 Å². The Kier molecular flexibility index (Phi) is 6.85. The molecule has 0 unspecified atom stereocenters. The first kappa shape index (κ1) is 15.4. The van der Waals surface area contributed by atoms with Crippen LogP contribution in [0.1, 0.15) is 25.3 Å². The lowest BCUT2D eigenvalue weighted by Crippen LogP contribution is -2.38. The van der Waals surface area contributed by atoms with Gasteiger partial charge in [0.25, 0.3) is 0 Å². The number of rotatable bonds is 6. The van der Waals surface area contributed by atoms with Crippen molar-refractivity contribution < 1.29 is 8.78 Å². The SMILES string of the molecule is CCCCNC(=NC)NCCc1cccc(F)c1F. The minimum Gasteiger partial charge on any atom is -0.356 e. The number of guanidine groups is 1. The third kappa shape index (κ3) is 5.24. The quantitative estimate of drug-likeness (QED) is 0.473. The Labute approximate surface area is 113 Å². The van der Waals surface area contributed by atoms with E-state index in [1.165, 1.54) is 6.07 Å². The maximum absolute atomic E-state index is 13.4. The van der Waals surface area contributed by atoms with Gasteiger partial charge in [-0.3, -0.25) is 4.99 Å². The molecule has 0 saturated carbocycles. The average Bonchev–Trinajstić information content (AvgIpc) is 2.42. The predicted molar refractivity (Wildman–Crippen MR) is 74.3 cm³/mol. The average molecular weight is 269 g/mol. The van der Waals surface area contributed by atoms with E-state index in [0.29, 0.717) is 24.5 Å². The van der Waals surface area contributed by atoms with Crippen LogP contribution in [0.3, 0.4) is 0 Å². The van der Waals surface area contributed by atoms with Gasteiger partial charge in [-0.2, -0.15) is 0 Å². The fourth-order valence-electron chi connectivity index (χ4n) is 1.66. The normalized spacial score (nSPS) is 11.5. The van der Waals surface area contributed by atoms with E-state index >= 15 is 0 Å². The van der Waals surface area contributed by atoms with E-state index in [4.69, 9.17) is 0 Å². The number of unbranched alkanes of at least 4 members (excludes halogenated alkanes) is 1. The minimum atomic E-state index is -0.803. The molecular formula is C14H21F2N3. The van der Waals surface area contributed by atoms with Crippen molar-refractivity contribution in [2.75, 3.05) is 20.1 Å². The van der Waals surface area contributed by atoms with Gasteiger partial charge < -0.3 is 10.6 Å². The summed E-state index contributed by atoms with van der Waals surface area (Å²) in [5.74, 6) is -0.883. The van der Waals surface area contributed by atoms with E-state index < -0.39 is 11.6 Å². The topological polar surface area (TPSA) is 36.4 Å². The summed E-state index contributed by atoms with van der Waals surface area (Å²) in [6.07, 6.45) is 2.59. The highest BCUT2D eigenvalue weighted by Crippen LogP contribution is 2.11. The molecule has 0 fully saturated rings. The van der Waals surface area contributed by atoms with Crippen LogP contribution in [-0.2, 0) is 6.42 Å². The van der Waals surface area contributed by atoms with E-state index in [1.54, 1.807) is 13.1 Å². The van der Waals surface area contributed by atoms with E-state index in [0.717, 1.165) is 25.5 Å². The summed E-state index contributed by atoms with van der Waals surface area (Å²) in [5, 5.41) is 6.23. The van der Waals surface area contributed by atoms with Crippen molar-refractivity contribution in [3.05, 3.63) is 35.4 Å². The third-order valence-electron chi connectivity index (χ3n) is 2.76. The van der Waals surface area contributed by atoms with Gasteiger partial charge in [0.05, 0.1) is 0 Å². The number of halogens is 2. The standard InChI is InChI=1S/C14H21F2N3/c1-3-4-9-18-14(17-2)19-10-8-11-6-5-7-12(15)13(11)16/h5-7H,3-4,8-10H2,1-2H3,(H2,17,18,19). The summed E-state index contributed by atoms with van der Waals surface area (Å²) >= 11 is 0. The maximum atomic E-state index is 13.4. The summed E-state index contributed by atoms with van der Waals surface area (Å²) in [7, 11) is 1.68. The highest BCUT2D eigenvalue weighted by Gasteiger charge is 2.07. The molecule has 0 atom stereocenters. The lowest BCUT2D eigenvalue weighted by molar-refractivity contribution is 0.498. The van der Waals surface area contributed by atoms with Crippen LogP contribution in [0, 0.1) is 11.6 Å². The van der Waals surface area contributed by atoms with Gasteiger partial charge in [0.1, 0.15) is 0 Å². The van der Waals surface area contributed by atoms with Gasteiger partial charge in [-0.1, -0.05) is 25.5 Å². The van der Waals surface area contributed by atoms with Gasteiger partial charge in [-0.15, -0.1) is 0 Å². The minimum absolute atomic E-state index is 0.372. The molecule has 1 rings (SSSR count). The summed E-state index contributed by atoms with van der Waals surface area (Å²) in [5.41, 5.74) is 0.372. The maximum Gasteiger partial charge on any atom is 0.190 e. The molecule has 0 aliphatic carbocycles. The zero-order chi connectivity index (χ0) is 14.1. The first-order chi connectivity index (χ1) is 9.19. The van der Waals surface area contributed by atoms with Crippen LogP contribution in [-0.4, -0.2) is 26.1 Å². The van der Waals surface area contributed by atoms with Gasteiger partial charge in [0.2, 0.25) is 0 Å². The molecule has 0 radical (unpaired) electrons. The summed E-state index contributed by atoms with van der Waals surface area (Å²) in [6, 6.07) is 4.23. The fraction of sp³-hybridized carbons (Fsp3) is 0.500. The molecule has 0 aliphatic rings. The van der Waals surface area contributed by atoms with Gasteiger partial charge in [0, 0.05) is 20.1 Å². The number of nitrogens with zero attached hydrogens (tertiary/aromatic N) is 1. The van der Waals surface area contributed by atoms with Crippen molar-refractivity contribution >= 4 is 5.96 Å². The number of aliphatic imine (C=N–C) groups is 1. The molecule has 106 valence electrons. The predicted octanol–water partition coefficient (Wildman–Crippen LogP) is 2.47. The van der Waals surface area contributed by atoms with Crippen LogP contribution in [0.25, 0.3) is 0 Å². The fourth-order valence-corrected chi connectivity index (χ4v) is 1.66. The van der Waals surface area contributed by atoms with Gasteiger partial charge in [-0.25, -0.2) is 8.78 Å². The van der Waals surface area contributed by atoms with Gasteiger partial charge in [0.15, 0.2) is 17.6 Å². The largest absolute Gasteiger partial charge is 0.356 e. The molecule has 0 heterocycles. The number of benzene rings is 1. The molecule has 0 bridgehead atoms. The second-order valence-electron chi connectivity index (χ2n) is 4.24. The molecule has 1 aromatic rings. The van der Waals surface area contributed by atoms with Gasteiger partial charge >= 0.3 is 0 Å². The Morgan fingerprint density at radius 1 is 1.21 bits per heavy atom. The molecule has 0 aliphatic heterocycles. The second kappa shape index (κ2) is 8.45. The lowest BCUT2D eigenvalue weighted by Gasteiger charge is -2.11. The molecule has 2 N–H and O–H groups in total. The number of hydrogen-bond donors (Lipinski definition) is 2. The highest BCUT2D eigenvalue weighted by molar-refractivity contribution is 5.79. The van der Waals surface area contributed by atoms with E-state index in [2.05, 4.69) is 22.5 Å². The first-order valence-corrected chi connectivity index (χ1v) is 6.56. The Hall–Kier alpha value is -1.65. The molecule has 1 aromatic carbocycles. The van der Waals surface area contributed by atoms with Crippen LogP contribution < -0.4 is 10.6 Å². The summed E-state index contributed by atoms with van der Waals surface area (Å²) in [4.78, 5) is 4.06. The Morgan fingerprint density at radius 2 is 1.95 bits per heavy atom. The highest BCUT2D eigenvalue weighted by atomic mass is 19.2. The zero-order valence-electron chi connectivity index (χ0n) is 11.5. The van der Waals surface area contributed by atoms with Crippen molar-refractivity contribution in [3.8, 4) is 0 Å². The monoisotopic (exact) mass is 269 g/mol. The Morgan fingerprint density at radius 3 is 2.63 bits per heavy atom. The van der Waals surface area contributed by atoms with Crippen LogP contribution in [0.2, 0.25) is 0 Å². The van der Waals surface area contributed by atoms with Crippen molar-refractivity contribution in [3.63, 3.8) is 0 Å². The molecule has 3 nitrogen and oxygen atoms in total. The van der Waals surface area contributed by atoms with Crippen molar-refractivity contribution in [2.24, 2.45) is 4.99 Å².